The standard InChI is InChI=1S/C34H32N6O6/c1-37-25-17-39(31(41)27(25)29(35-33(37)43)19-5-13-23(45-3)14-6-19)21-9-11-22(12-10-21)40-18-26-28(32(40)42)30(36-34(44)38(26)2)20-7-15-24(46-4)16-8-20/h5-16,29-30H,17-18H2,1-4H3,(H,35,43)(H,36,44)/t29-,30-/m1/s1. The second kappa shape index (κ2) is 11.0. The highest BCUT2D eigenvalue weighted by atomic mass is 16.5. The van der Waals surface area contributed by atoms with E-state index < -0.39 is 12.1 Å². The van der Waals surface area contributed by atoms with Crippen LogP contribution in [0.2, 0.25) is 0 Å². The van der Waals surface area contributed by atoms with Crippen molar-refractivity contribution in [3.8, 4) is 11.5 Å². The van der Waals surface area contributed by atoms with E-state index in [9.17, 15) is 19.2 Å². The summed E-state index contributed by atoms with van der Waals surface area (Å²) in [4.78, 5) is 59.7. The average molecular weight is 621 g/mol. The number of anilines is 2. The van der Waals surface area contributed by atoms with Gasteiger partial charge in [-0.1, -0.05) is 24.3 Å². The number of likely N-dealkylation sites (N-methyl/N-ethyl adjacent to an activating group) is 2. The van der Waals surface area contributed by atoms with E-state index in [1.165, 1.54) is 9.80 Å². The van der Waals surface area contributed by atoms with Gasteiger partial charge >= 0.3 is 12.1 Å². The highest BCUT2D eigenvalue weighted by Crippen LogP contribution is 2.40. The number of carbonyl (C=O) groups excluding carboxylic acids is 4. The number of hydrogen-bond donors (Lipinski definition) is 2. The summed E-state index contributed by atoms with van der Waals surface area (Å²) in [5.41, 5.74) is 5.09. The first-order valence-electron chi connectivity index (χ1n) is 14.8. The van der Waals surface area contributed by atoms with E-state index >= 15 is 0 Å². The summed E-state index contributed by atoms with van der Waals surface area (Å²) < 4.78 is 10.5. The van der Waals surface area contributed by atoms with Gasteiger partial charge in [-0.25, -0.2) is 9.59 Å². The molecule has 4 aliphatic rings. The molecule has 234 valence electrons. The third kappa shape index (κ3) is 4.52. The quantitative estimate of drug-likeness (QED) is 0.433. The van der Waals surface area contributed by atoms with Gasteiger partial charge in [-0.3, -0.25) is 19.4 Å². The molecule has 2 N–H and O–H groups in total. The van der Waals surface area contributed by atoms with Crippen molar-refractivity contribution in [2.75, 3.05) is 51.2 Å². The van der Waals surface area contributed by atoms with Gasteiger partial charge in [0.2, 0.25) is 0 Å². The zero-order chi connectivity index (χ0) is 32.3. The molecule has 0 radical (unpaired) electrons. The lowest BCUT2D eigenvalue weighted by atomic mass is 9.95. The summed E-state index contributed by atoms with van der Waals surface area (Å²) in [5.74, 6) is 0.932. The van der Waals surface area contributed by atoms with E-state index in [1.54, 1.807) is 86.6 Å². The number of rotatable bonds is 6. The maximum Gasteiger partial charge on any atom is 0.322 e. The van der Waals surface area contributed by atoms with E-state index in [4.69, 9.17) is 9.47 Å². The van der Waals surface area contributed by atoms with Crippen molar-refractivity contribution in [2.45, 2.75) is 12.1 Å². The highest BCUT2D eigenvalue weighted by molar-refractivity contribution is 6.13. The lowest BCUT2D eigenvalue weighted by Crippen LogP contribution is -2.45. The summed E-state index contributed by atoms with van der Waals surface area (Å²) in [6.45, 7) is 0.454. The summed E-state index contributed by atoms with van der Waals surface area (Å²) in [5, 5.41) is 5.90. The van der Waals surface area contributed by atoms with Crippen LogP contribution in [0.4, 0.5) is 21.0 Å². The summed E-state index contributed by atoms with van der Waals surface area (Å²) >= 11 is 0. The molecule has 0 spiro atoms. The molecule has 46 heavy (non-hydrogen) atoms. The van der Waals surface area contributed by atoms with Crippen LogP contribution in [0.1, 0.15) is 23.2 Å². The van der Waals surface area contributed by atoms with E-state index in [0.717, 1.165) is 11.1 Å². The first-order chi connectivity index (χ1) is 22.2. The van der Waals surface area contributed by atoms with Crippen molar-refractivity contribution in [3.05, 3.63) is 106 Å². The van der Waals surface area contributed by atoms with Crippen LogP contribution in [0.3, 0.4) is 0 Å². The fourth-order valence-electron chi connectivity index (χ4n) is 6.46. The fraction of sp³-hybridized carbons (Fsp3) is 0.235. The van der Waals surface area contributed by atoms with Crippen LogP contribution in [0.15, 0.2) is 95.3 Å². The lowest BCUT2D eigenvalue weighted by molar-refractivity contribution is -0.115. The minimum atomic E-state index is -0.604. The van der Waals surface area contributed by atoms with Crippen LogP contribution < -0.4 is 29.9 Å². The fourth-order valence-corrected chi connectivity index (χ4v) is 6.46. The Hall–Kier alpha value is -5.78. The Kier molecular flexibility index (Phi) is 6.92. The second-order valence-electron chi connectivity index (χ2n) is 11.4. The first-order valence-corrected chi connectivity index (χ1v) is 14.8. The number of hydrogen-bond acceptors (Lipinski definition) is 6. The van der Waals surface area contributed by atoms with Gasteiger partial charge in [0.25, 0.3) is 11.8 Å². The summed E-state index contributed by atoms with van der Waals surface area (Å²) in [6, 6.07) is 19.9. The Morgan fingerprint density at radius 1 is 0.565 bits per heavy atom. The molecule has 6 amide bonds. The first kappa shape index (κ1) is 29.0. The van der Waals surface area contributed by atoms with Crippen molar-refractivity contribution in [2.24, 2.45) is 0 Å². The van der Waals surface area contributed by atoms with Gasteiger partial charge in [-0.2, -0.15) is 0 Å². The number of carbonyl (C=O) groups is 4. The summed E-state index contributed by atoms with van der Waals surface area (Å²) in [6.07, 6.45) is 0. The van der Waals surface area contributed by atoms with Gasteiger partial charge in [0.05, 0.1) is 61.9 Å². The molecule has 0 aromatic heterocycles. The Bertz CT molecular complexity index is 1700. The normalized spacial score (nSPS) is 21.0. The highest BCUT2D eigenvalue weighted by Gasteiger charge is 2.45. The molecule has 0 bridgehead atoms. The van der Waals surface area contributed by atoms with E-state index in [0.29, 0.717) is 45.4 Å². The Morgan fingerprint density at radius 2 is 0.913 bits per heavy atom. The lowest BCUT2D eigenvalue weighted by Gasteiger charge is -2.31. The summed E-state index contributed by atoms with van der Waals surface area (Å²) in [7, 11) is 6.46. The zero-order valence-electron chi connectivity index (χ0n) is 25.7. The van der Waals surface area contributed by atoms with Crippen molar-refractivity contribution in [3.63, 3.8) is 0 Å². The molecule has 3 aromatic carbocycles. The molecule has 0 saturated carbocycles. The predicted octanol–water partition coefficient (Wildman–Crippen LogP) is 3.70. The van der Waals surface area contributed by atoms with Crippen LogP contribution in [-0.2, 0) is 9.59 Å². The van der Waals surface area contributed by atoms with Gasteiger partial charge in [-0.05, 0) is 59.7 Å². The Balaban J connectivity index is 1.13. The molecule has 12 nitrogen and oxygen atoms in total. The van der Waals surface area contributed by atoms with Crippen molar-refractivity contribution in [1.82, 2.24) is 20.4 Å². The van der Waals surface area contributed by atoms with E-state index in [-0.39, 0.29) is 37.0 Å². The second-order valence-corrected chi connectivity index (χ2v) is 11.4. The molecular weight excluding hydrogens is 588 g/mol. The molecule has 0 aliphatic carbocycles. The monoisotopic (exact) mass is 620 g/mol. The zero-order valence-corrected chi connectivity index (χ0v) is 25.7. The van der Waals surface area contributed by atoms with Crippen LogP contribution in [0.25, 0.3) is 0 Å². The number of nitrogens with one attached hydrogen (secondary N) is 2. The van der Waals surface area contributed by atoms with Crippen LogP contribution in [0, 0.1) is 0 Å². The molecule has 4 aliphatic heterocycles. The Morgan fingerprint density at radius 3 is 1.24 bits per heavy atom. The largest absolute Gasteiger partial charge is 0.497 e. The van der Waals surface area contributed by atoms with E-state index in [1.807, 2.05) is 24.3 Å². The number of amides is 6. The Labute approximate surface area is 265 Å². The number of urea groups is 2. The number of ether oxygens (including phenoxy) is 2. The smallest absolute Gasteiger partial charge is 0.322 e. The number of benzene rings is 3. The van der Waals surface area contributed by atoms with Crippen LogP contribution in [0.5, 0.6) is 11.5 Å². The van der Waals surface area contributed by atoms with Crippen molar-refractivity contribution in [1.29, 1.82) is 0 Å². The van der Waals surface area contributed by atoms with Crippen molar-refractivity contribution < 1.29 is 28.7 Å². The van der Waals surface area contributed by atoms with Crippen LogP contribution in [-0.4, -0.2) is 75.1 Å². The number of methoxy groups -OCH3 is 2. The van der Waals surface area contributed by atoms with Gasteiger partial charge in [0.1, 0.15) is 11.5 Å². The van der Waals surface area contributed by atoms with Crippen molar-refractivity contribution >= 4 is 35.3 Å². The molecular formula is C34H32N6O6. The molecule has 12 heteroatoms. The third-order valence-corrected chi connectivity index (χ3v) is 9.09. The molecule has 7 rings (SSSR count). The minimum absolute atomic E-state index is 0.210. The molecule has 3 aromatic rings. The minimum Gasteiger partial charge on any atom is -0.497 e. The number of nitrogens with zero attached hydrogens (tertiary/aromatic N) is 4. The van der Waals surface area contributed by atoms with Gasteiger partial charge in [-0.15, -0.1) is 0 Å². The SMILES string of the molecule is COc1ccc([C@H]2NC(=O)N(C)C3=C2C(=O)N(c2ccc(N4CC5=C(C4=O)[C@@H](c4ccc(OC)cc4)NC(=O)N5C)cc2)C3)cc1. The molecule has 2 atom stereocenters. The van der Waals surface area contributed by atoms with Gasteiger partial charge < -0.3 is 29.9 Å². The van der Waals surface area contributed by atoms with Gasteiger partial charge in [0, 0.05) is 25.5 Å². The predicted molar refractivity (Wildman–Crippen MR) is 169 cm³/mol. The van der Waals surface area contributed by atoms with Crippen LogP contribution >= 0.6 is 0 Å². The molecule has 0 saturated heterocycles. The molecule has 4 heterocycles. The van der Waals surface area contributed by atoms with E-state index in [2.05, 4.69) is 10.6 Å². The average Bonchev–Trinajstić information content (AvgIpc) is 3.62. The third-order valence-electron chi connectivity index (χ3n) is 9.09. The maximum atomic E-state index is 13.9. The maximum absolute atomic E-state index is 13.9. The molecule has 0 fully saturated rings. The molecule has 0 unspecified atom stereocenters. The van der Waals surface area contributed by atoms with Gasteiger partial charge in [0.15, 0.2) is 0 Å². The topological polar surface area (TPSA) is 124 Å².